The van der Waals surface area contributed by atoms with Crippen LogP contribution in [0.3, 0.4) is 0 Å². The second kappa shape index (κ2) is 6.48. The molecule has 0 aliphatic heterocycles. The van der Waals surface area contributed by atoms with Crippen LogP contribution in [0.2, 0.25) is 0 Å². The Hall–Kier alpha value is -1.94. The predicted molar refractivity (Wildman–Crippen MR) is 84.4 cm³/mol. The maximum Gasteiger partial charge on any atom is 0.170 e. The summed E-state index contributed by atoms with van der Waals surface area (Å²) < 4.78 is 0. The van der Waals surface area contributed by atoms with Crippen molar-refractivity contribution in [2.75, 3.05) is 0 Å². The first kappa shape index (κ1) is 14.5. The van der Waals surface area contributed by atoms with Crippen molar-refractivity contribution < 1.29 is 5.21 Å². The molecule has 0 atom stereocenters. The first-order valence-corrected chi connectivity index (χ1v) is 7.35. The van der Waals surface area contributed by atoms with E-state index in [1.165, 1.54) is 16.0 Å². The van der Waals surface area contributed by atoms with Crippen LogP contribution in [0.5, 0.6) is 0 Å². The van der Waals surface area contributed by atoms with Crippen LogP contribution in [0.15, 0.2) is 52.5 Å². The van der Waals surface area contributed by atoms with Gasteiger partial charge in [0.15, 0.2) is 5.84 Å². The molecule has 0 spiro atoms. The summed E-state index contributed by atoms with van der Waals surface area (Å²) in [6, 6.07) is 14.2. The van der Waals surface area contributed by atoms with Crippen molar-refractivity contribution in [1.29, 1.82) is 0 Å². The van der Waals surface area contributed by atoms with Gasteiger partial charge >= 0.3 is 0 Å². The maximum absolute atomic E-state index is 8.71. The van der Waals surface area contributed by atoms with Crippen molar-refractivity contribution >= 4 is 17.6 Å². The summed E-state index contributed by atoms with van der Waals surface area (Å²) in [7, 11) is 0. The molecule has 2 rings (SSSR count). The number of rotatable bonds is 4. The molecule has 0 heterocycles. The number of oxime groups is 1. The molecule has 0 aromatic heterocycles. The van der Waals surface area contributed by atoms with Gasteiger partial charge in [0.05, 0.1) is 0 Å². The third-order valence-electron chi connectivity index (χ3n) is 3.06. The summed E-state index contributed by atoms with van der Waals surface area (Å²) in [5.74, 6) is 1.000. The Morgan fingerprint density at radius 1 is 1.20 bits per heavy atom. The van der Waals surface area contributed by atoms with E-state index in [1.54, 1.807) is 11.8 Å². The highest BCUT2D eigenvalue weighted by Gasteiger charge is 2.03. The minimum Gasteiger partial charge on any atom is -0.409 e. The Balaban J connectivity index is 2.11. The Labute approximate surface area is 123 Å². The highest BCUT2D eigenvalue weighted by Crippen LogP contribution is 2.26. The van der Waals surface area contributed by atoms with Gasteiger partial charge in [-0.2, -0.15) is 0 Å². The number of hydrogen-bond acceptors (Lipinski definition) is 3. The fourth-order valence-electron chi connectivity index (χ4n) is 2.00. The summed E-state index contributed by atoms with van der Waals surface area (Å²) in [5.41, 5.74) is 10.1. The fourth-order valence-corrected chi connectivity index (χ4v) is 2.95. The van der Waals surface area contributed by atoms with Gasteiger partial charge in [-0.3, -0.25) is 0 Å². The third-order valence-corrected chi connectivity index (χ3v) is 4.30. The largest absolute Gasteiger partial charge is 0.409 e. The number of aryl methyl sites for hydroxylation is 2. The van der Waals surface area contributed by atoms with Crippen molar-refractivity contribution in [3.63, 3.8) is 0 Å². The smallest absolute Gasteiger partial charge is 0.170 e. The lowest BCUT2D eigenvalue weighted by atomic mass is 10.1. The van der Waals surface area contributed by atoms with Crippen LogP contribution in [-0.4, -0.2) is 11.0 Å². The van der Waals surface area contributed by atoms with E-state index < -0.39 is 0 Å². The predicted octanol–water partition coefficient (Wildman–Crippen LogP) is 3.69. The molecule has 0 saturated carbocycles. The molecule has 0 unspecified atom stereocenters. The molecule has 0 aliphatic carbocycles. The quantitative estimate of drug-likeness (QED) is 0.296. The lowest BCUT2D eigenvalue weighted by molar-refractivity contribution is 0.318. The van der Waals surface area contributed by atoms with Crippen LogP contribution in [0.4, 0.5) is 0 Å². The average molecular weight is 286 g/mol. The zero-order valence-corrected chi connectivity index (χ0v) is 12.4. The van der Waals surface area contributed by atoms with Crippen LogP contribution in [0.25, 0.3) is 0 Å². The number of nitrogens with zero attached hydrogens (tertiary/aromatic N) is 1. The third kappa shape index (κ3) is 3.54. The molecule has 20 heavy (non-hydrogen) atoms. The van der Waals surface area contributed by atoms with Crippen molar-refractivity contribution in [2.24, 2.45) is 10.9 Å². The average Bonchev–Trinajstić information content (AvgIpc) is 2.46. The molecule has 0 amide bonds. The maximum atomic E-state index is 8.71. The van der Waals surface area contributed by atoms with Crippen LogP contribution in [0, 0.1) is 13.8 Å². The molecule has 0 bridgehead atoms. The van der Waals surface area contributed by atoms with Crippen LogP contribution < -0.4 is 5.73 Å². The van der Waals surface area contributed by atoms with Gasteiger partial charge in [0, 0.05) is 16.2 Å². The second-order valence-corrected chi connectivity index (χ2v) is 5.76. The van der Waals surface area contributed by atoms with Crippen molar-refractivity contribution in [3.8, 4) is 0 Å². The molecule has 3 N–H and O–H groups in total. The summed E-state index contributed by atoms with van der Waals surface area (Å²) in [4.78, 5) is 1.28. The summed E-state index contributed by atoms with van der Waals surface area (Å²) in [6.07, 6.45) is 0. The Kier molecular flexibility index (Phi) is 4.69. The summed E-state index contributed by atoms with van der Waals surface area (Å²) in [5, 5.41) is 11.7. The van der Waals surface area contributed by atoms with Crippen LogP contribution in [-0.2, 0) is 5.75 Å². The van der Waals surface area contributed by atoms with E-state index >= 15 is 0 Å². The molecule has 3 nitrogen and oxygen atoms in total. The molecular weight excluding hydrogens is 268 g/mol. The first-order valence-electron chi connectivity index (χ1n) is 6.37. The van der Waals surface area contributed by atoms with Gasteiger partial charge in [-0.25, -0.2) is 0 Å². The molecule has 0 saturated heterocycles. The van der Waals surface area contributed by atoms with Gasteiger partial charge in [0.2, 0.25) is 0 Å². The molecule has 0 aliphatic rings. The number of nitrogens with two attached hydrogens (primary N) is 1. The molecule has 104 valence electrons. The van der Waals surface area contributed by atoms with E-state index in [9.17, 15) is 0 Å². The van der Waals surface area contributed by atoms with Crippen LogP contribution >= 0.6 is 11.8 Å². The van der Waals surface area contributed by atoms with Crippen molar-refractivity contribution in [2.45, 2.75) is 24.5 Å². The van der Waals surface area contributed by atoms with Gasteiger partial charge in [-0.1, -0.05) is 41.1 Å². The van der Waals surface area contributed by atoms with Crippen LogP contribution in [0.1, 0.15) is 22.3 Å². The Morgan fingerprint density at radius 3 is 2.70 bits per heavy atom. The summed E-state index contributed by atoms with van der Waals surface area (Å²) >= 11 is 1.79. The van der Waals surface area contributed by atoms with Gasteiger partial charge < -0.3 is 10.9 Å². The Bertz CT molecular complexity index is 638. The number of thioether (sulfide) groups is 1. The van der Waals surface area contributed by atoms with Crippen molar-refractivity contribution in [1.82, 2.24) is 0 Å². The highest BCUT2D eigenvalue weighted by molar-refractivity contribution is 7.98. The molecule has 0 fully saturated rings. The second-order valence-electron chi connectivity index (χ2n) is 4.74. The van der Waals surface area contributed by atoms with E-state index in [2.05, 4.69) is 37.2 Å². The lowest BCUT2D eigenvalue weighted by Gasteiger charge is -2.07. The topological polar surface area (TPSA) is 58.6 Å². The molecule has 2 aromatic rings. The van der Waals surface area contributed by atoms with Gasteiger partial charge in [-0.05, 0) is 37.1 Å². The monoisotopic (exact) mass is 286 g/mol. The molecule has 0 radical (unpaired) electrons. The van der Waals surface area contributed by atoms with Gasteiger partial charge in [-0.15, -0.1) is 11.8 Å². The molecular formula is C16H18N2OS. The van der Waals surface area contributed by atoms with Crippen molar-refractivity contribution in [3.05, 3.63) is 64.7 Å². The van der Waals surface area contributed by atoms with E-state index in [0.717, 1.165) is 16.9 Å². The number of amidine groups is 1. The molecule has 4 heteroatoms. The van der Waals surface area contributed by atoms with E-state index in [4.69, 9.17) is 10.9 Å². The number of benzene rings is 2. The Morgan fingerprint density at radius 2 is 2.00 bits per heavy atom. The molecule has 2 aromatic carbocycles. The van der Waals surface area contributed by atoms with E-state index in [0.29, 0.717) is 0 Å². The highest BCUT2D eigenvalue weighted by atomic mass is 32.2. The SMILES string of the molecule is Cc1ccc(SCc2cccc(/C(N)=N/O)c2)c(C)c1. The lowest BCUT2D eigenvalue weighted by Crippen LogP contribution is -2.13. The fraction of sp³-hybridized carbons (Fsp3) is 0.188. The normalized spacial score (nSPS) is 11.6. The zero-order chi connectivity index (χ0) is 14.5. The van der Waals surface area contributed by atoms with E-state index in [1.807, 2.05) is 24.3 Å². The number of hydrogen-bond donors (Lipinski definition) is 2. The first-order chi connectivity index (χ1) is 9.60. The van der Waals surface area contributed by atoms with Gasteiger partial charge in [0.1, 0.15) is 0 Å². The minimum atomic E-state index is 0.142. The van der Waals surface area contributed by atoms with Gasteiger partial charge in [0.25, 0.3) is 0 Å². The van der Waals surface area contributed by atoms with E-state index in [-0.39, 0.29) is 5.84 Å². The summed E-state index contributed by atoms with van der Waals surface area (Å²) in [6.45, 7) is 4.23. The zero-order valence-electron chi connectivity index (χ0n) is 11.6. The standard InChI is InChI=1S/C16H18N2OS/c1-11-6-7-15(12(2)8-11)20-10-13-4-3-5-14(9-13)16(17)18-19/h3-9,19H,10H2,1-2H3,(H2,17,18). The minimum absolute atomic E-state index is 0.142.